The zero-order chi connectivity index (χ0) is 16.4. The Morgan fingerprint density at radius 2 is 2.04 bits per heavy atom. The van der Waals surface area contributed by atoms with Crippen molar-refractivity contribution in [2.75, 3.05) is 18.0 Å². The van der Waals surface area contributed by atoms with Crippen LogP contribution >= 0.6 is 0 Å². The van der Waals surface area contributed by atoms with Gasteiger partial charge in [-0.1, -0.05) is 18.2 Å². The number of benzene rings is 1. The normalized spacial score (nSPS) is 17.3. The quantitative estimate of drug-likeness (QED) is 0.796. The van der Waals surface area contributed by atoms with Crippen LogP contribution in [0.2, 0.25) is 0 Å². The predicted octanol–water partition coefficient (Wildman–Crippen LogP) is 1.83. The third-order valence-corrected chi connectivity index (χ3v) is 4.37. The summed E-state index contributed by atoms with van der Waals surface area (Å²) in [6.07, 6.45) is 4.46. The lowest BCUT2D eigenvalue weighted by molar-refractivity contribution is -0.122. The smallest absolute Gasteiger partial charge is 0.240 e. The Hall–Kier alpha value is -2.89. The molecular weight excluding hydrogens is 302 g/mol. The molecule has 1 aromatic carbocycles. The second-order valence-electron chi connectivity index (χ2n) is 6.05. The molecule has 122 valence electrons. The second kappa shape index (κ2) is 6.31. The van der Waals surface area contributed by atoms with E-state index in [2.05, 4.69) is 20.2 Å². The zero-order valence-corrected chi connectivity index (χ0v) is 13.3. The van der Waals surface area contributed by atoms with Gasteiger partial charge in [0.15, 0.2) is 0 Å². The average Bonchev–Trinajstić information content (AvgIpc) is 3.23. The number of para-hydroxylation sites is 2. The highest BCUT2D eigenvalue weighted by Crippen LogP contribution is 2.17. The Bertz CT molecular complexity index is 845. The molecule has 1 saturated heterocycles. The number of pyridine rings is 1. The number of carbonyl (C=O) groups excluding carboxylic acids is 1. The molecule has 4 rings (SSSR count). The molecule has 0 bridgehead atoms. The highest BCUT2D eigenvalue weighted by atomic mass is 16.2. The minimum Gasteiger partial charge on any atom is -0.354 e. The first kappa shape index (κ1) is 14.7. The molecule has 3 heterocycles. The summed E-state index contributed by atoms with van der Waals surface area (Å²) in [4.78, 5) is 23.3. The van der Waals surface area contributed by atoms with Crippen molar-refractivity contribution >= 4 is 22.8 Å². The maximum atomic E-state index is 12.4. The first-order valence-electron chi connectivity index (χ1n) is 8.15. The maximum Gasteiger partial charge on any atom is 0.240 e. The van der Waals surface area contributed by atoms with E-state index in [0.717, 1.165) is 36.4 Å². The van der Waals surface area contributed by atoms with Crippen molar-refractivity contribution in [2.45, 2.75) is 19.0 Å². The van der Waals surface area contributed by atoms with E-state index in [-0.39, 0.29) is 11.9 Å². The van der Waals surface area contributed by atoms with Gasteiger partial charge in [0.25, 0.3) is 0 Å². The van der Waals surface area contributed by atoms with Crippen molar-refractivity contribution in [3.63, 3.8) is 0 Å². The number of nitrogens with zero attached hydrogens (tertiary/aromatic N) is 4. The van der Waals surface area contributed by atoms with Gasteiger partial charge in [-0.15, -0.1) is 0 Å². The van der Waals surface area contributed by atoms with Crippen LogP contribution in [0.15, 0.2) is 55.0 Å². The molecule has 0 saturated carbocycles. The topological polar surface area (TPSA) is 63.1 Å². The molecule has 6 heteroatoms. The van der Waals surface area contributed by atoms with Crippen molar-refractivity contribution in [1.82, 2.24) is 19.9 Å². The summed E-state index contributed by atoms with van der Waals surface area (Å²) in [5, 5.41) is 3.12. The van der Waals surface area contributed by atoms with Crippen molar-refractivity contribution in [1.29, 1.82) is 0 Å². The highest BCUT2D eigenvalue weighted by molar-refractivity contribution is 5.80. The molecule has 0 radical (unpaired) electrons. The summed E-state index contributed by atoms with van der Waals surface area (Å²) in [5.41, 5.74) is 1.89. The predicted molar refractivity (Wildman–Crippen MR) is 92.7 cm³/mol. The maximum absolute atomic E-state index is 12.4. The molecule has 2 aromatic heterocycles. The number of nitrogens with one attached hydrogen (secondary N) is 1. The molecule has 1 aliphatic rings. The van der Waals surface area contributed by atoms with Crippen LogP contribution in [-0.2, 0) is 11.3 Å². The summed E-state index contributed by atoms with van der Waals surface area (Å²) in [6.45, 7) is 2.00. The minimum atomic E-state index is 0.0195. The van der Waals surface area contributed by atoms with Crippen LogP contribution in [0.4, 0.5) is 5.82 Å². The van der Waals surface area contributed by atoms with E-state index in [4.69, 9.17) is 0 Å². The third kappa shape index (κ3) is 2.95. The molecule has 1 atom stereocenters. The monoisotopic (exact) mass is 321 g/mol. The van der Waals surface area contributed by atoms with E-state index < -0.39 is 0 Å². The average molecular weight is 321 g/mol. The van der Waals surface area contributed by atoms with Gasteiger partial charge in [-0.25, -0.2) is 9.97 Å². The van der Waals surface area contributed by atoms with Crippen molar-refractivity contribution in [2.24, 2.45) is 0 Å². The third-order valence-electron chi connectivity index (χ3n) is 4.37. The fourth-order valence-corrected chi connectivity index (χ4v) is 3.19. The van der Waals surface area contributed by atoms with Crippen LogP contribution in [0.5, 0.6) is 0 Å². The van der Waals surface area contributed by atoms with Gasteiger partial charge in [0.2, 0.25) is 5.91 Å². The van der Waals surface area contributed by atoms with E-state index in [1.807, 2.05) is 47.0 Å². The number of amides is 1. The molecule has 1 N–H and O–H groups in total. The first-order valence-corrected chi connectivity index (χ1v) is 8.15. The number of carbonyl (C=O) groups is 1. The van der Waals surface area contributed by atoms with E-state index in [1.165, 1.54) is 0 Å². The van der Waals surface area contributed by atoms with Crippen LogP contribution in [0.3, 0.4) is 0 Å². The summed E-state index contributed by atoms with van der Waals surface area (Å²) < 4.78 is 1.89. The van der Waals surface area contributed by atoms with Crippen LogP contribution in [0.1, 0.15) is 6.42 Å². The fourth-order valence-electron chi connectivity index (χ4n) is 3.19. The van der Waals surface area contributed by atoms with Gasteiger partial charge < -0.3 is 14.8 Å². The summed E-state index contributed by atoms with van der Waals surface area (Å²) >= 11 is 0. The highest BCUT2D eigenvalue weighted by Gasteiger charge is 2.24. The van der Waals surface area contributed by atoms with Gasteiger partial charge in [-0.05, 0) is 30.7 Å². The van der Waals surface area contributed by atoms with Crippen molar-refractivity contribution in [3.05, 3.63) is 55.0 Å². The van der Waals surface area contributed by atoms with Crippen LogP contribution in [0, 0.1) is 0 Å². The Balaban J connectivity index is 1.37. The molecule has 0 spiro atoms. The molecule has 24 heavy (non-hydrogen) atoms. The van der Waals surface area contributed by atoms with E-state index in [1.54, 1.807) is 12.5 Å². The first-order chi connectivity index (χ1) is 11.8. The van der Waals surface area contributed by atoms with Gasteiger partial charge in [-0.3, -0.25) is 4.79 Å². The number of hydrogen-bond donors (Lipinski definition) is 1. The van der Waals surface area contributed by atoms with Crippen molar-refractivity contribution in [3.8, 4) is 0 Å². The number of imidazole rings is 1. The van der Waals surface area contributed by atoms with Gasteiger partial charge in [0.1, 0.15) is 12.4 Å². The fraction of sp³-hybridized carbons (Fsp3) is 0.278. The lowest BCUT2D eigenvalue weighted by Gasteiger charge is -2.17. The number of hydrogen-bond acceptors (Lipinski definition) is 4. The van der Waals surface area contributed by atoms with Crippen LogP contribution in [-0.4, -0.2) is 39.6 Å². The lowest BCUT2D eigenvalue weighted by Crippen LogP contribution is -2.38. The lowest BCUT2D eigenvalue weighted by atomic mass is 10.2. The Morgan fingerprint density at radius 1 is 1.17 bits per heavy atom. The van der Waals surface area contributed by atoms with Gasteiger partial charge >= 0.3 is 0 Å². The van der Waals surface area contributed by atoms with Crippen LogP contribution in [0.25, 0.3) is 11.0 Å². The van der Waals surface area contributed by atoms with E-state index in [0.29, 0.717) is 6.54 Å². The van der Waals surface area contributed by atoms with Gasteiger partial charge in [0.05, 0.1) is 17.4 Å². The summed E-state index contributed by atoms with van der Waals surface area (Å²) in [7, 11) is 0. The minimum absolute atomic E-state index is 0.0195. The zero-order valence-electron chi connectivity index (χ0n) is 13.3. The van der Waals surface area contributed by atoms with Gasteiger partial charge in [0, 0.05) is 25.3 Å². The van der Waals surface area contributed by atoms with Gasteiger partial charge in [-0.2, -0.15) is 0 Å². The molecule has 3 aromatic rings. The molecule has 1 fully saturated rings. The molecule has 6 nitrogen and oxygen atoms in total. The standard InChI is InChI=1S/C18H19N5O/c24-18(12-23-13-20-15-5-1-2-6-16(15)23)21-14-8-10-22(11-14)17-7-3-4-9-19-17/h1-7,9,13-14H,8,10-12H2,(H,21,24)/t14-/m0/s1. The summed E-state index contributed by atoms with van der Waals surface area (Å²) in [6, 6.07) is 13.9. The second-order valence-corrected chi connectivity index (χ2v) is 6.05. The SMILES string of the molecule is O=C(Cn1cnc2ccccc21)N[C@H]1CCN(c2ccccn2)C1. The van der Waals surface area contributed by atoms with Crippen molar-refractivity contribution < 1.29 is 4.79 Å². The largest absolute Gasteiger partial charge is 0.354 e. The Labute approximate surface area is 140 Å². The number of aromatic nitrogens is 3. The molecule has 1 aliphatic heterocycles. The number of rotatable bonds is 4. The van der Waals surface area contributed by atoms with Crippen LogP contribution < -0.4 is 10.2 Å². The van der Waals surface area contributed by atoms with E-state index >= 15 is 0 Å². The molecular formula is C18H19N5O. The molecule has 0 unspecified atom stereocenters. The Kier molecular flexibility index (Phi) is 3.86. The Morgan fingerprint density at radius 3 is 2.92 bits per heavy atom. The number of anilines is 1. The number of fused-ring (bicyclic) bond motifs is 1. The molecule has 1 amide bonds. The summed E-state index contributed by atoms with van der Waals surface area (Å²) in [5.74, 6) is 0.987. The van der Waals surface area contributed by atoms with E-state index in [9.17, 15) is 4.79 Å². The molecule has 0 aliphatic carbocycles.